The highest BCUT2D eigenvalue weighted by molar-refractivity contribution is 7.54. The van der Waals surface area contributed by atoms with E-state index in [0.29, 0.717) is 12.0 Å². The number of ether oxygens (including phenoxy) is 1. The van der Waals surface area contributed by atoms with E-state index in [9.17, 15) is 14.2 Å². The highest BCUT2D eigenvalue weighted by Gasteiger charge is 2.25. The Morgan fingerprint density at radius 1 is 1.19 bits per heavy atom. The smallest absolute Gasteiger partial charge is 0.334 e. The summed E-state index contributed by atoms with van der Waals surface area (Å²) in [7, 11) is -3.23. The standard InChI is InChI=1S/C13H24NO6P/c1-5-18-13(16)12(14-10-15)8-11(4)9-21(17,19-6-2)20-7-3/h8,10,12H,5-7,9H2,1-4H3,(H,14,15)/b11-8+. The molecule has 122 valence electrons. The van der Waals surface area contributed by atoms with Crippen molar-refractivity contribution in [2.24, 2.45) is 0 Å². The summed E-state index contributed by atoms with van der Waals surface area (Å²) in [4.78, 5) is 22.2. The molecule has 0 aromatic rings. The van der Waals surface area contributed by atoms with Crippen LogP contribution < -0.4 is 5.32 Å². The normalized spacial score (nSPS) is 13.6. The van der Waals surface area contributed by atoms with Crippen LogP contribution in [0.2, 0.25) is 0 Å². The SMILES string of the molecule is CCOC(=O)C(/C=C(\C)CP(=O)(OCC)OCC)NC=O. The molecule has 8 heteroatoms. The number of esters is 1. The van der Waals surface area contributed by atoms with Crippen LogP contribution in [0.3, 0.4) is 0 Å². The predicted molar refractivity (Wildman–Crippen MR) is 79.1 cm³/mol. The van der Waals surface area contributed by atoms with E-state index in [1.54, 1.807) is 27.7 Å². The molecule has 1 atom stereocenters. The molecule has 0 aliphatic carbocycles. The minimum atomic E-state index is -3.23. The average molecular weight is 321 g/mol. The lowest BCUT2D eigenvalue weighted by Gasteiger charge is -2.18. The van der Waals surface area contributed by atoms with Gasteiger partial charge in [0.15, 0.2) is 0 Å². The zero-order chi connectivity index (χ0) is 16.3. The molecule has 1 amide bonds. The molecule has 0 fully saturated rings. The van der Waals surface area contributed by atoms with Crippen LogP contribution in [0.5, 0.6) is 0 Å². The summed E-state index contributed by atoms with van der Waals surface area (Å²) in [6, 6.07) is -0.917. The maximum absolute atomic E-state index is 12.4. The summed E-state index contributed by atoms with van der Waals surface area (Å²) in [5.41, 5.74) is 0.604. The van der Waals surface area contributed by atoms with E-state index >= 15 is 0 Å². The van der Waals surface area contributed by atoms with E-state index in [2.05, 4.69) is 5.32 Å². The van der Waals surface area contributed by atoms with Gasteiger partial charge in [-0.15, -0.1) is 0 Å². The molecule has 0 bridgehead atoms. The van der Waals surface area contributed by atoms with E-state index in [0.717, 1.165) is 0 Å². The number of hydrogen-bond acceptors (Lipinski definition) is 6. The van der Waals surface area contributed by atoms with Gasteiger partial charge in [-0.3, -0.25) is 9.36 Å². The molecular formula is C13H24NO6P. The molecule has 0 aliphatic heterocycles. The summed E-state index contributed by atoms with van der Waals surface area (Å²) < 4.78 is 27.6. The van der Waals surface area contributed by atoms with Gasteiger partial charge in [-0.05, 0) is 27.7 Å². The molecule has 0 aromatic carbocycles. The predicted octanol–water partition coefficient (Wildman–Crippen LogP) is 1.88. The van der Waals surface area contributed by atoms with E-state index in [1.807, 2.05) is 0 Å². The van der Waals surface area contributed by atoms with E-state index in [1.165, 1.54) is 6.08 Å². The van der Waals surface area contributed by atoms with Crippen molar-refractivity contribution in [3.8, 4) is 0 Å². The Bertz CT molecular complexity index is 399. The van der Waals surface area contributed by atoms with E-state index in [4.69, 9.17) is 13.8 Å². The summed E-state index contributed by atoms with van der Waals surface area (Å²) in [6.45, 7) is 7.53. The first-order chi connectivity index (χ1) is 9.92. The lowest BCUT2D eigenvalue weighted by molar-refractivity contribution is -0.145. The molecule has 0 saturated carbocycles. The Morgan fingerprint density at radius 2 is 1.76 bits per heavy atom. The van der Waals surface area contributed by atoms with Gasteiger partial charge in [-0.25, -0.2) is 4.79 Å². The van der Waals surface area contributed by atoms with Crippen LogP contribution in [0.15, 0.2) is 11.6 Å². The number of allylic oxidation sites excluding steroid dienone is 1. The number of nitrogens with one attached hydrogen (secondary N) is 1. The van der Waals surface area contributed by atoms with Crippen molar-refractivity contribution in [1.29, 1.82) is 0 Å². The Balaban J connectivity index is 4.97. The fraction of sp³-hybridized carbons (Fsp3) is 0.692. The van der Waals surface area contributed by atoms with Gasteiger partial charge in [-0.1, -0.05) is 11.6 Å². The van der Waals surface area contributed by atoms with Gasteiger partial charge in [0.25, 0.3) is 0 Å². The minimum Gasteiger partial charge on any atom is -0.464 e. The van der Waals surface area contributed by atoms with E-state index in [-0.39, 0.29) is 26.0 Å². The Hall–Kier alpha value is -1.17. The fourth-order valence-corrected chi connectivity index (χ4v) is 3.41. The Morgan fingerprint density at radius 3 is 2.19 bits per heavy atom. The van der Waals surface area contributed by atoms with E-state index < -0.39 is 19.6 Å². The van der Waals surface area contributed by atoms with Crippen molar-refractivity contribution in [2.45, 2.75) is 33.7 Å². The van der Waals surface area contributed by atoms with Crippen molar-refractivity contribution in [2.75, 3.05) is 26.0 Å². The van der Waals surface area contributed by atoms with Gasteiger partial charge in [0.1, 0.15) is 6.04 Å². The summed E-state index contributed by atoms with van der Waals surface area (Å²) in [5, 5.41) is 2.35. The van der Waals surface area contributed by atoms with Crippen molar-refractivity contribution >= 4 is 20.0 Å². The monoisotopic (exact) mass is 321 g/mol. The van der Waals surface area contributed by atoms with Gasteiger partial charge >= 0.3 is 13.6 Å². The lowest BCUT2D eigenvalue weighted by Crippen LogP contribution is -2.36. The number of carbonyl (C=O) groups is 2. The molecule has 0 aliphatic rings. The van der Waals surface area contributed by atoms with Crippen molar-refractivity contribution in [1.82, 2.24) is 5.32 Å². The zero-order valence-electron chi connectivity index (χ0n) is 13.0. The third-order valence-corrected chi connectivity index (χ3v) is 4.52. The molecule has 0 spiro atoms. The second-order valence-corrected chi connectivity index (χ2v) is 6.19. The lowest BCUT2D eigenvalue weighted by atomic mass is 10.2. The van der Waals surface area contributed by atoms with Gasteiger partial charge in [0.2, 0.25) is 6.41 Å². The van der Waals surface area contributed by atoms with Crippen LogP contribution in [-0.4, -0.2) is 44.4 Å². The Labute approximate surface area is 125 Å². The summed E-state index contributed by atoms with van der Waals surface area (Å²) >= 11 is 0. The molecule has 21 heavy (non-hydrogen) atoms. The second-order valence-electron chi connectivity index (χ2n) is 4.13. The van der Waals surface area contributed by atoms with Crippen molar-refractivity contribution in [3.63, 3.8) is 0 Å². The Kier molecular flexibility index (Phi) is 9.95. The minimum absolute atomic E-state index is 0.0467. The van der Waals surface area contributed by atoms with Crippen molar-refractivity contribution < 1.29 is 27.9 Å². The molecule has 0 saturated heterocycles. The van der Waals surface area contributed by atoms with Crippen LogP contribution in [0.25, 0.3) is 0 Å². The molecule has 0 rings (SSSR count). The van der Waals surface area contributed by atoms with Crippen LogP contribution in [-0.2, 0) is 27.9 Å². The first-order valence-electron chi connectivity index (χ1n) is 6.84. The topological polar surface area (TPSA) is 90.9 Å². The third-order valence-electron chi connectivity index (χ3n) is 2.33. The molecule has 0 heterocycles. The molecule has 1 unspecified atom stereocenters. The van der Waals surface area contributed by atoms with Crippen LogP contribution in [0, 0.1) is 0 Å². The second kappa shape index (κ2) is 10.5. The van der Waals surface area contributed by atoms with Gasteiger partial charge in [-0.2, -0.15) is 0 Å². The fourth-order valence-electron chi connectivity index (χ4n) is 1.65. The number of rotatable bonds is 11. The summed E-state index contributed by atoms with van der Waals surface area (Å²) in [5.74, 6) is -0.577. The van der Waals surface area contributed by atoms with Gasteiger partial charge < -0.3 is 19.1 Å². The first-order valence-corrected chi connectivity index (χ1v) is 8.56. The summed E-state index contributed by atoms with van der Waals surface area (Å²) in [6.07, 6.45) is 1.94. The molecule has 1 N–H and O–H groups in total. The van der Waals surface area contributed by atoms with Crippen molar-refractivity contribution in [3.05, 3.63) is 11.6 Å². The molecule has 7 nitrogen and oxygen atoms in total. The first kappa shape index (κ1) is 19.8. The van der Waals surface area contributed by atoms with Gasteiger partial charge in [0.05, 0.1) is 26.0 Å². The number of hydrogen-bond donors (Lipinski definition) is 1. The van der Waals surface area contributed by atoms with Crippen LogP contribution in [0.1, 0.15) is 27.7 Å². The zero-order valence-corrected chi connectivity index (χ0v) is 13.9. The third kappa shape index (κ3) is 7.99. The quantitative estimate of drug-likeness (QED) is 0.270. The highest BCUT2D eigenvalue weighted by atomic mass is 31.2. The van der Waals surface area contributed by atoms with Crippen LogP contribution in [0.4, 0.5) is 0 Å². The van der Waals surface area contributed by atoms with Gasteiger partial charge in [0, 0.05) is 0 Å². The molecule has 0 aromatic heterocycles. The highest BCUT2D eigenvalue weighted by Crippen LogP contribution is 2.49. The number of carbonyl (C=O) groups excluding carboxylic acids is 2. The molecular weight excluding hydrogens is 297 g/mol. The largest absolute Gasteiger partial charge is 0.464 e. The van der Waals surface area contributed by atoms with Crippen LogP contribution >= 0.6 is 7.60 Å². The maximum atomic E-state index is 12.4. The molecule has 0 radical (unpaired) electrons. The average Bonchev–Trinajstić information content (AvgIpc) is 2.38. The maximum Gasteiger partial charge on any atom is 0.334 e. The number of amides is 1.